The van der Waals surface area contributed by atoms with Crippen LogP contribution in [0, 0.1) is 0 Å². The Kier molecular flexibility index (Phi) is 4.15. The highest BCUT2D eigenvalue weighted by atomic mass is 32.2. The monoisotopic (exact) mass is 320 g/mol. The number of hydrogen-bond acceptors (Lipinski definition) is 5. The van der Waals surface area contributed by atoms with Crippen LogP contribution in [-0.2, 0) is 9.59 Å². The molecule has 2 aliphatic rings. The third kappa shape index (κ3) is 2.72. The van der Waals surface area contributed by atoms with E-state index in [1.165, 1.54) is 17.2 Å². The molecule has 2 amide bonds. The van der Waals surface area contributed by atoms with E-state index in [0.717, 1.165) is 37.4 Å². The van der Waals surface area contributed by atoms with Crippen LogP contribution in [0.3, 0.4) is 0 Å². The van der Waals surface area contributed by atoms with Crippen molar-refractivity contribution in [3.63, 3.8) is 0 Å². The number of aromatic nitrogens is 1. The first-order chi connectivity index (χ1) is 10.6. The lowest BCUT2D eigenvalue weighted by Crippen LogP contribution is -2.39. The van der Waals surface area contributed by atoms with Crippen molar-refractivity contribution in [2.45, 2.75) is 48.4 Å². The summed E-state index contributed by atoms with van der Waals surface area (Å²) in [7, 11) is 0. The summed E-state index contributed by atoms with van der Waals surface area (Å²) < 4.78 is 0. The first-order valence-corrected chi connectivity index (χ1v) is 8.16. The molecule has 1 aromatic rings. The van der Waals surface area contributed by atoms with Gasteiger partial charge in [0.25, 0.3) is 0 Å². The normalized spacial score (nSPS) is 22.5. The summed E-state index contributed by atoms with van der Waals surface area (Å²) in [4.78, 5) is 41.3. The van der Waals surface area contributed by atoms with E-state index in [1.807, 2.05) is 0 Å². The first kappa shape index (κ1) is 15.0. The fourth-order valence-electron chi connectivity index (χ4n) is 3.04. The molecule has 0 bridgehead atoms. The number of hydrogen-bond donors (Lipinski definition) is 1. The maximum Gasteiger partial charge on any atom is 0.338 e. The number of rotatable bonds is 4. The lowest BCUT2D eigenvalue weighted by Gasteiger charge is -2.22. The maximum atomic E-state index is 12.5. The molecule has 1 N–H and O–H groups in total. The Morgan fingerprint density at radius 1 is 1.32 bits per heavy atom. The van der Waals surface area contributed by atoms with Crippen molar-refractivity contribution in [1.82, 2.24) is 9.88 Å². The minimum absolute atomic E-state index is 0.0216. The summed E-state index contributed by atoms with van der Waals surface area (Å²) in [6.07, 6.45) is 5.45. The van der Waals surface area contributed by atoms with Crippen molar-refractivity contribution in [3.8, 4) is 0 Å². The Morgan fingerprint density at radius 3 is 2.73 bits per heavy atom. The Balaban J connectivity index is 1.78. The summed E-state index contributed by atoms with van der Waals surface area (Å²) in [6.45, 7) is 0. The summed E-state index contributed by atoms with van der Waals surface area (Å²) in [5.41, 5.74) is 0.0621. The number of imide groups is 1. The van der Waals surface area contributed by atoms with Gasteiger partial charge in [0.2, 0.25) is 11.8 Å². The number of carboxylic acids is 1. The van der Waals surface area contributed by atoms with Gasteiger partial charge in [-0.3, -0.25) is 14.5 Å². The number of carboxylic acid groups (broad SMARTS) is 1. The number of pyridine rings is 1. The van der Waals surface area contributed by atoms with E-state index in [4.69, 9.17) is 5.11 Å². The van der Waals surface area contributed by atoms with Gasteiger partial charge in [0, 0.05) is 18.7 Å². The Hall–Kier alpha value is -1.89. The molecule has 1 unspecified atom stereocenters. The van der Waals surface area contributed by atoms with Crippen molar-refractivity contribution in [2.75, 3.05) is 0 Å². The molecule has 1 aromatic heterocycles. The van der Waals surface area contributed by atoms with Gasteiger partial charge in [-0.1, -0.05) is 24.6 Å². The van der Waals surface area contributed by atoms with E-state index < -0.39 is 11.2 Å². The summed E-state index contributed by atoms with van der Waals surface area (Å²) in [6, 6.07) is 3.02. The topological polar surface area (TPSA) is 87.6 Å². The predicted octanol–water partition coefficient (Wildman–Crippen LogP) is 1.94. The van der Waals surface area contributed by atoms with Crippen LogP contribution in [0.25, 0.3) is 0 Å². The van der Waals surface area contributed by atoms with Gasteiger partial charge in [0.15, 0.2) is 0 Å². The third-order valence-electron chi connectivity index (χ3n) is 4.09. The average Bonchev–Trinajstić information content (AvgIpc) is 3.08. The van der Waals surface area contributed by atoms with Gasteiger partial charge in [-0.25, -0.2) is 9.78 Å². The zero-order valence-corrected chi connectivity index (χ0v) is 12.7. The van der Waals surface area contributed by atoms with Crippen LogP contribution in [0.5, 0.6) is 0 Å². The predicted molar refractivity (Wildman–Crippen MR) is 79.6 cm³/mol. The van der Waals surface area contributed by atoms with E-state index in [1.54, 1.807) is 6.07 Å². The van der Waals surface area contributed by atoms with Crippen molar-refractivity contribution in [2.24, 2.45) is 0 Å². The van der Waals surface area contributed by atoms with Crippen LogP contribution in [0.4, 0.5) is 0 Å². The Morgan fingerprint density at radius 2 is 2.05 bits per heavy atom. The maximum absolute atomic E-state index is 12.5. The smallest absolute Gasteiger partial charge is 0.338 e. The van der Waals surface area contributed by atoms with Crippen LogP contribution in [0.15, 0.2) is 23.4 Å². The van der Waals surface area contributed by atoms with Crippen LogP contribution < -0.4 is 0 Å². The molecular weight excluding hydrogens is 304 g/mol. The molecule has 1 aliphatic carbocycles. The van der Waals surface area contributed by atoms with Crippen molar-refractivity contribution >= 4 is 29.5 Å². The van der Waals surface area contributed by atoms with Crippen molar-refractivity contribution in [1.29, 1.82) is 0 Å². The number of carbonyl (C=O) groups is 3. The molecule has 2 fully saturated rings. The quantitative estimate of drug-likeness (QED) is 0.853. The summed E-state index contributed by atoms with van der Waals surface area (Å²) in [5, 5.41) is 8.88. The second-order valence-corrected chi connectivity index (χ2v) is 6.70. The number of thioether (sulfide) groups is 1. The Labute approximate surface area is 131 Å². The largest absolute Gasteiger partial charge is 0.478 e. The molecule has 1 saturated carbocycles. The van der Waals surface area contributed by atoms with Crippen LogP contribution in [0.1, 0.15) is 42.5 Å². The minimum Gasteiger partial charge on any atom is -0.478 e. The zero-order chi connectivity index (χ0) is 15.7. The van der Waals surface area contributed by atoms with E-state index in [9.17, 15) is 14.4 Å². The SMILES string of the molecule is O=C(O)c1cccnc1SC1CC(=O)N(C2CCCC2)C1=O. The van der Waals surface area contributed by atoms with Crippen molar-refractivity contribution < 1.29 is 19.5 Å². The number of nitrogens with zero attached hydrogens (tertiary/aromatic N) is 2. The van der Waals surface area contributed by atoms with E-state index in [-0.39, 0.29) is 34.9 Å². The highest BCUT2D eigenvalue weighted by molar-refractivity contribution is 8.00. The lowest BCUT2D eigenvalue weighted by molar-refractivity contribution is -0.140. The standard InChI is InChI=1S/C15H16N2O4S/c18-12-8-11(14(19)17(12)9-4-1-2-5-9)22-13-10(15(20)21)6-3-7-16-13/h3,6-7,9,11H,1-2,4-5,8H2,(H,20,21). The fraction of sp³-hybridized carbons (Fsp3) is 0.467. The van der Waals surface area contributed by atoms with Crippen LogP contribution in [0.2, 0.25) is 0 Å². The molecule has 3 rings (SSSR count). The first-order valence-electron chi connectivity index (χ1n) is 7.29. The van der Waals surface area contributed by atoms with Crippen LogP contribution in [-0.4, -0.2) is 44.1 Å². The highest BCUT2D eigenvalue weighted by Gasteiger charge is 2.43. The molecule has 0 aromatic carbocycles. The molecule has 1 aliphatic heterocycles. The third-order valence-corrected chi connectivity index (χ3v) is 5.29. The minimum atomic E-state index is -1.08. The number of aromatic carboxylic acids is 1. The van der Waals surface area contributed by atoms with E-state index in [0.29, 0.717) is 0 Å². The second-order valence-electron chi connectivity index (χ2n) is 5.51. The molecule has 6 nitrogen and oxygen atoms in total. The second kappa shape index (κ2) is 6.08. The van der Waals surface area contributed by atoms with E-state index >= 15 is 0 Å². The Bertz CT molecular complexity index is 628. The van der Waals surface area contributed by atoms with E-state index in [2.05, 4.69) is 4.98 Å². The lowest BCUT2D eigenvalue weighted by atomic mass is 10.2. The van der Waals surface area contributed by atoms with Gasteiger partial charge in [0.1, 0.15) is 5.03 Å². The van der Waals surface area contributed by atoms with Crippen LogP contribution >= 0.6 is 11.8 Å². The molecular formula is C15H16N2O4S. The summed E-state index contributed by atoms with van der Waals surface area (Å²) >= 11 is 1.08. The molecule has 2 heterocycles. The number of amides is 2. The molecule has 1 saturated heterocycles. The highest BCUT2D eigenvalue weighted by Crippen LogP contribution is 2.35. The molecule has 1 atom stereocenters. The zero-order valence-electron chi connectivity index (χ0n) is 11.9. The molecule has 116 valence electrons. The van der Waals surface area contributed by atoms with Crippen molar-refractivity contribution in [3.05, 3.63) is 23.9 Å². The van der Waals surface area contributed by atoms with Gasteiger partial charge < -0.3 is 5.11 Å². The fourth-order valence-corrected chi connectivity index (χ4v) is 4.16. The number of carbonyl (C=O) groups excluding carboxylic acids is 2. The molecule has 22 heavy (non-hydrogen) atoms. The van der Waals surface area contributed by atoms with Gasteiger partial charge in [-0.15, -0.1) is 0 Å². The molecule has 7 heteroatoms. The van der Waals surface area contributed by atoms with Gasteiger partial charge >= 0.3 is 5.97 Å². The average molecular weight is 320 g/mol. The van der Waals surface area contributed by atoms with Gasteiger partial charge in [-0.2, -0.15) is 0 Å². The van der Waals surface area contributed by atoms with Gasteiger partial charge in [0.05, 0.1) is 10.8 Å². The molecule has 0 spiro atoms. The molecule has 0 radical (unpaired) electrons. The number of likely N-dealkylation sites (tertiary alicyclic amines) is 1. The summed E-state index contributed by atoms with van der Waals surface area (Å²) in [5.74, 6) is -1.44. The van der Waals surface area contributed by atoms with Gasteiger partial charge in [-0.05, 0) is 25.0 Å².